The summed E-state index contributed by atoms with van der Waals surface area (Å²) in [5, 5.41) is 6.01. The number of piperidine rings is 1. The maximum absolute atomic E-state index is 5.28. The highest BCUT2D eigenvalue weighted by molar-refractivity contribution is 5.84. The van der Waals surface area contributed by atoms with Crippen LogP contribution in [0.3, 0.4) is 0 Å². The van der Waals surface area contributed by atoms with E-state index in [0.717, 1.165) is 18.8 Å². The van der Waals surface area contributed by atoms with Crippen molar-refractivity contribution in [3.8, 4) is 5.75 Å². The van der Waals surface area contributed by atoms with E-state index in [1.54, 1.807) is 7.11 Å². The van der Waals surface area contributed by atoms with Gasteiger partial charge in [0, 0.05) is 19.1 Å². The highest BCUT2D eigenvalue weighted by Crippen LogP contribution is 2.23. The van der Waals surface area contributed by atoms with Gasteiger partial charge in [-0.05, 0) is 61.0 Å². The van der Waals surface area contributed by atoms with E-state index in [1.165, 1.54) is 35.7 Å². The average Bonchev–Trinajstić information content (AvgIpc) is 2.55. The summed E-state index contributed by atoms with van der Waals surface area (Å²) >= 11 is 0. The normalized spacial score (nSPS) is 19.1. The van der Waals surface area contributed by atoms with Gasteiger partial charge in [0.25, 0.3) is 0 Å². The van der Waals surface area contributed by atoms with Crippen molar-refractivity contribution in [3.63, 3.8) is 0 Å². The Morgan fingerprint density at radius 3 is 2.76 bits per heavy atom. The molecule has 0 radical (unpaired) electrons. The molecule has 3 heteroatoms. The van der Waals surface area contributed by atoms with E-state index in [4.69, 9.17) is 4.74 Å². The van der Waals surface area contributed by atoms with Crippen molar-refractivity contribution in [2.24, 2.45) is 0 Å². The molecule has 112 valence electrons. The quantitative estimate of drug-likeness (QED) is 0.934. The van der Waals surface area contributed by atoms with Crippen LogP contribution in [-0.4, -0.2) is 38.2 Å². The molecule has 0 bridgehead atoms. The summed E-state index contributed by atoms with van der Waals surface area (Å²) in [6, 6.07) is 13.6. The molecule has 0 aliphatic carbocycles. The molecule has 0 saturated carbocycles. The van der Waals surface area contributed by atoms with Crippen molar-refractivity contribution in [1.29, 1.82) is 0 Å². The van der Waals surface area contributed by atoms with Crippen LogP contribution in [0, 0.1) is 0 Å². The zero-order chi connectivity index (χ0) is 14.7. The van der Waals surface area contributed by atoms with Crippen molar-refractivity contribution in [1.82, 2.24) is 10.2 Å². The van der Waals surface area contributed by atoms with Gasteiger partial charge in [0.2, 0.25) is 0 Å². The first-order valence-electron chi connectivity index (χ1n) is 7.74. The SMILES string of the molecule is COc1ccc2cc(CN(C)C3CCCNC3)ccc2c1. The second-order valence-corrected chi connectivity index (χ2v) is 5.96. The van der Waals surface area contributed by atoms with Gasteiger partial charge in [-0.25, -0.2) is 0 Å². The van der Waals surface area contributed by atoms with E-state index in [-0.39, 0.29) is 0 Å². The molecule has 3 nitrogen and oxygen atoms in total. The monoisotopic (exact) mass is 284 g/mol. The molecule has 1 aliphatic rings. The highest BCUT2D eigenvalue weighted by Gasteiger charge is 2.17. The molecular formula is C18H24N2O. The first-order chi connectivity index (χ1) is 10.3. The Hall–Kier alpha value is -1.58. The van der Waals surface area contributed by atoms with Gasteiger partial charge in [-0.1, -0.05) is 18.2 Å². The maximum Gasteiger partial charge on any atom is 0.119 e. The van der Waals surface area contributed by atoms with E-state index >= 15 is 0 Å². The van der Waals surface area contributed by atoms with Gasteiger partial charge in [-0.3, -0.25) is 4.90 Å². The largest absolute Gasteiger partial charge is 0.497 e. The lowest BCUT2D eigenvalue weighted by atomic mass is 10.0. The first-order valence-corrected chi connectivity index (χ1v) is 7.74. The van der Waals surface area contributed by atoms with E-state index in [9.17, 15) is 0 Å². The minimum atomic E-state index is 0.658. The Morgan fingerprint density at radius 1 is 1.19 bits per heavy atom. The summed E-state index contributed by atoms with van der Waals surface area (Å²) in [5.41, 5.74) is 1.38. The Morgan fingerprint density at radius 2 is 2.00 bits per heavy atom. The Labute approximate surface area is 126 Å². The molecule has 0 amide bonds. The fourth-order valence-corrected chi connectivity index (χ4v) is 3.13. The van der Waals surface area contributed by atoms with Crippen LogP contribution in [-0.2, 0) is 6.54 Å². The van der Waals surface area contributed by atoms with Gasteiger partial charge in [0.15, 0.2) is 0 Å². The van der Waals surface area contributed by atoms with Crippen LogP contribution in [0.15, 0.2) is 36.4 Å². The summed E-state index contributed by atoms with van der Waals surface area (Å²) in [4.78, 5) is 2.47. The van der Waals surface area contributed by atoms with Crippen LogP contribution in [0.1, 0.15) is 18.4 Å². The maximum atomic E-state index is 5.28. The minimum absolute atomic E-state index is 0.658. The third-order valence-corrected chi connectivity index (χ3v) is 4.44. The molecule has 21 heavy (non-hydrogen) atoms. The second kappa shape index (κ2) is 6.46. The fraction of sp³-hybridized carbons (Fsp3) is 0.444. The molecule has 1 aliphatic heterocycles. The fourth-order valence-electron chi connectivity index (χ4n) is 3.13. The van der Waals surface area contributed by atoms with E-state index < -0.39 is 0 Å². The standard InChI is InChI=1S/C18H24N2O/c1-20(17-4-3-9-19-12-17)13-14-5-6-16-11-18(21-2)8-7-15(16)10-14/h5-8,10-11,17,19H,3-4,9,12-13H2,1-2H3. The Kier molecular flexibility index (Phi) is 4.42. The highest BCUT2D eigenvalue weighted by atomic mass is 16.5. The predicted octanol–water partition coefficient (Wildman–Crippen LogP) is 3.03. The molecule has 2 aromatic carbocycles. The molecule has 1 heterocycles. The smallest absolute Gasteiger partial charge is 0.119 e. The number of benzene rings is 2. The molecule has 0 aromatic heterocycles. The second-order valence-electron chi connectivity index (χ2n) is 5.96. The van der Waals surface area contributed by atoms with Crippen molar-refractivity contribution in [3.05, 3.63) is 42.0 Å². The molecule has 1 unspecified atom stereocenters. The zero-order valence-corrected chi connectivity index (χ0v) is 12.9. The number of methoxy groups -OCH3 is 1. The first kappa shape index (κ1) is 14.4. The molecule has 1 saturated heterocycles. The number of nitrogens with zero attached hydrogens (tertiary/aromatic N) is 1. The topological polar surface area (TPSA) is 24.5 Å². The predicted molar refractivity (Wildman–Crippen MR) is 87.9 cm³/mol. The third-order valence-electron chi connectivity index (χ3n) is 4.44. The summed E-state index contributed by atoms with van der Waals surface area (Å²) in [7, 11) is 3.94. The number of fused-ring (bicyclic) bond motifs is 1. The summed E-state index contributed by atoms with van der Waals surface area (Å²) in [5.74, 6) is 0.917. The molecule has 1 fully saturated rings. The van der Waals surface area contributed by atoms with Crippen molar-refractivity contribution >= 4 is 10.8 Å². The van der Waals surface area contributed by atoms with Crippen LogP contribution < -0.4 is 10.1 Å². The van der Waals surface area contributed by atoms with Crippen molar-refractivity contribution in [2.45, 2.75) is 25.4 Å². The lowest BCUT2D eigenvalue weighted by molar-refractivity contribution is 0.196. The van der Waals surface area contributed by atoms with Crippen LogP contribution in [0.2, 0.25) is 0 Å². The number of hydrogen-bond acceptors (Lipinski definition) is 3. The molecule has 0 spiro atoms. The van der Waals surface area contributed by atoms with Gasteiger partial charge < -0.3 is 10.1 Å². The van der Waals surface area contributed by atoms with Crippen LogP contribution in [0.5, 0.6) is 5.75 Å². The molecule has 2 aromatic rings. The van der Waals surface area contributed by atoms with Crippen LogP contribution >= 0.6 is 0 Å². The van der Waals surface area contributed by atoms with Gasteiger partial charge in [0.05, 0.1) is 7.11 Å². The lowest BCUT2D eigenvalue weighted by Crippen LogP contribution is -2.43. The van der Waals surface area contributed by atoms with Crippen LogP contribution in [0.25, 0.3) is 10.8 Å². The van der Waals surface area contributed by atoms with Crippen molar-refractivity contribution in [2.75, 3.05) is 27.2 Å². The van der Waals surface area contributed by atoms with Crippen molar-refractivity contribution < 1.29 is 4.74 Å². The Bertz CT molecular complexity index is 605. The number of likely N-dealkylation sites (N-methyl/N-ethyl adjacent to an activating group) is 1. The number of rotatable bonds is 4. The van der Waals surface area contributed by atoms with Crippen LogP contribution in [0.4, 0.5) is 0 Å². The zero-order valence-electron chi connectivity index (χ0n) is 12.9. The average molecular weight is 284 g/mol. The lowest BCUT2D eigenvalue weighted by Gasteiger charge is -2.31. The van der Waals surface area contributed by atoms with E-state index in [0.29, 0.717) is 6.04 Å². The molecule has 3 rings (SSSR count). The summed E-state index contributed by atoms with van der Waals surface area (Å²) in [6.45, 7) is 3.29. The van der Waals surface area contributed by atoms with E-state index in [2.05, 4.69) is 47.6 Å². The number of hydrogen-bond donors (Lipinski definition) is 1. The Balaban J connectivity index is 1.74. The van der Waals surface area contributed by atoms with Gasteiger partial charge in [0.1, 0.15) is 5.75 Å². The molecule has 1 N–H and O–H groups in total. The van der Waals surface area contributed by atoms with Gasteiger partial charge in [-0.2, -0.15) is 0 Å². The van der Waals surface area contributed by atoms with Gasteiger partial charge in [-0.15, -0.1) is 0 Å². The van der Waals surface area contributed by atoms with E-state index in [1.807, 2.05) is 6.07 Å². The summed E-state index contributed by atoms with van der Waals surface area (Å²) < 4.78 is 5.28. The number of nitrogens with one attached hydrogen (secondary N) is 1. The summed E-state index contributed by atoms with van der Waals surface area (Å²) in [6.07, 6.45) is 2.58. The molecule has 1 atom stereocenters. The molecular weight excluding hydrogens is 260 g/mol. The minimum Gasteiger partial charge on any atom is -0.497 e. The third kappa shape index (κ3) is 3.36. The number of ether oxygens (including phenoxy) is 1. The van der Waals surface area contributed by atoms with Gasteiger partial charge >= 0.3 is 0 Å².